The molecule has 0 spiro atoms. The largest absolute Gasteiger partial charge is 0.380 e. The average Bonchev–Trinajstić information content (AvgIpc) is 2.97. The van der Waals surface area contributed by atoms with Crippen molar-refractivity contribution in [1.29, 1.82) is 0 Å². The first-order valence-corrected chi connectivity index (χ1v) is 7.97. The Morgan fingerprint density at radius 3 is 2.95 bits per heavy atom. The van der Waals surface area contributed by atoms with Crippen LogP contribution in [0.15, 0.2) is 6.07 Å². The number of hydrogen-bond acceptors (Lipinski definition) is 4. The molecule has 1 unspecified atom stereocenters. The van der Waals surface area contributed by atoms with Crippen LogP contribution in [0.3, 0.4) is 0 Å². The number of nitrogens with zero attached hydrogens (tertiary/aromatic N) is 1. The van der Waals surface area contributed by atoms with Crippen molar-refractivity contribution in [2.45, 2.75) is 52.4 Å². The molecular formula is C15H26N2OS. The molecule has 108 valence electrons. The molecule has 0 aliphatic carbocycles. The van der Waals surface area contributed by atoms with Crippen molar-refractivity contribution in [3.05, 3.63) is 21.4 Å². The Morgan fingerprint density at radius 1 is 1.53 bits per heavy atom. The summed E-state index contributed by atoms with van der Waals surface area (Å²) in [5, 5.41) is 3.49. The Hall–Kier alpha value is -0.420. The molecule has 2 rings (SSSR count). The maximum Gasteiger partial charge on any atom is 0.0622 e. The van der Waals surface area contributed by atoms with E-state index in [1.54, 1.807) is 0 Å². The predicted octanol–water partition coefficient (Wildman–Crippen LogP) is 2.78. The highest BCUT2D eigenvalue weighted by molar-refractivity contribution is 7.12. The lowest BCUT2D eigenvalue weighted by Gasteiger charge is -2.22. The van der Waals surface area contributed by atoms with Gasteiger partial charge in [-0.2, -0.15) is 0 Å². The highest BCUT2D eigenvalue weighted by Gasteiger charge is 2.21. The standard InChI is InChI=1S/C15H26N2OS/c1-11(2)16-8-15-7-13(12(3)19-15)9-17(4)14-5-6-18-10-14/h7,11,14,16H,5-6,8-10H2,1-4H3. The second-order valence-corrected chi connectivity index (χ2v) is 7.10. The molecule has 0 bridgehead atoms. The summed E-state index contributed by atoms with van der Waals surface area (Å²) in [6, 6.07) is 3.50. The number of likely N-dealkylation sites (N-methyl/N-ethyl adjacent to an activating group) is 1. The maximum atomic E-state index is 5.47. The van der Waals surface area contributed by atoms with Gasteiger partial charge in [-0.3, -0.25) is 4.90 Å². The zero-order valence-electron chi connectivity index (χ0n) is 12.5. The van der Waals surface area contributed by atoms with Gasteiger partial charge in [-0.1, -0.05) is 13.8 Å². The van der Waals surface area contributed by atoms with E-state index in [0.29, 0.717) is 12.1 Å². The van der Waals surface area contributed by atoms with Gasteiger partial charge in [0.05, 0.1) is 6.61 Å². The summed E-state index contributed by atoms with van der Waals surface area (Å²) < 4.78 is 5.47. The molecule has 1 aromatic heterocycles. The van der Waals surface area contributed by atoms with E-state index in [0.717, 1.165) is 26.3 Å². The Morgan fingerprint density at radius 2 is 2.32 bits per heavy atom. The monoisotopic (exact) mass is 282 g/mol. The first-order valence-electron chi connectivity index (χ1n) is 7.16. The topological polar surface area (TPSA) is 24.5 Å². The van der Waals surface area contributed by atoms with Crippen LogP contribution in [-0.2, 0) is 17.8 Å². The van der Waals surface area contributed by atoms with E-state index in [2.05, 4.69) is 44.1 Å². The molecule has 0 radical (unpaired) electrons. The van der Waals surface area contributed by atoms with Crippen LogP contribution >= 0.6 is 11.3 Å². The summed E-state index contributed by atoms with van der Waals surface area (Å²) in [5.41, 5.74) is 1.47. The third-order valence-corrected chi connectivity index (χ3v) is 4.80. The van der Waals surface area contributed by atoms with E-state index in [-0.39, 0.29) is 0 Å². The lowest BCUT2D eigenvalue weighted by atomic mass is 10.2. The Bertz CT molecular complexity index is 397. The van der Waals surface area contributed by atoms with Gasteiger partial charge in [0.2, 0.25) is 0 Å². The zero-order chi connectivity index (χ0) is 13.8. The van der Waals surface area contributed by atoms with Crippen molar-refractivity contribution >= 4 is 11.3 Å². The first-order chi connectivity index (χ1) is 9.06. The molecule has 1 aliphatic rings. The van der Waals surface area contributed by atoms with E-state index >= 15 is 0 Å². The number of nitrogens with one attached hydrogen (secondary N) is 1. The maximum absolute atomic E-state index is 5.47. The normalized spacial score (nSPS) is 19.8. The Balaban J connectivity index is 1.92. The van der Waals surface area contributed by atoms with E-state index < -0.39 is 0 Å². The summed E-state index contributed by atoms with van der Waals surface area (Å²) in [6.07, 6.45) is 1.17. The molecule has 1 fully saturated rings. The van der Waals surface area contributed by atoms with Gasteiger partial charge >= 0.3 is 0 Å². The molecule has 1 atom stereocenters. The molecule has 1 aliphatic heterocycles. The lowest BCUT2D eigenvalue weighted by Crippen LogP contribution is -2.31. The highest BCUT2D eigenvalue weighted by Crippen LogP contribution is 2.24. The number of rotatable bonds is 6. The fourth-order valence-corrected chi connectivity index (χ4v) is 3.41. The molecule has 4 heteroatoms. The van der Waals surface area contributed by atoms with E-state index in [4.69, 9.17) is 4.74 Å². The summed E-state index contributed by atoms with van der Waals surface area (Å²) in [7, 11) is 2.21. The van der Waals surface area contributed by atoms with E-state index in [1.165, 1.54) is 21.7 Å². The SMILES string of the molecule is Cc1sc(CNC(C)C)cc1CN(C)C1CCOC1. The van der Waals surface area contributed by atoms with Crippen LogP contribution in [0.1, 0.15) is 35.6 Å². The van der Waals surface area contributed by atoms with Crippen LogP contribution in [0.5, 0.6) is 0 Å². The van der Waals surface area contributed by atoms with Crippen LogP contribution < -0.4 is 5.32 Å². The molecule has 1 aromatic rings. The molecule has 0 amide bonds. The zero-order valence-corrected chi connectivity index (χ0v) is 13.3. The summed E-state index contributed by atoms with van der Waals surface area (Å²) in [6.45, 7) is 10.4. The minimum absolute atomic E-state index is 0.546. The molecule has 0 saturated carbocycles. The molecule has 2 heterocycles. The minimum atomic E-state index is 0.546. The van der Waals surface area contributed by atoms with E-state index in [9.17, 15) is 0 Å². The van der Waals surface area contributed by atoms with Gasteiger partial charge in [0.25, 0.3) is 0 Å². The smallest absolute Gasteiger partial charge is 0.0622 e. The second kappa shape index (κ2) is 6.84. The van der Waals surface area contributed by atoms with E-state index in [1.807, 2.05) is 11.3 Å². The van der Waals surface area contributed by atoms with Crippen molar-refractivity contribution in [1.82, 2.24) is 10.2 Å². The number of ether oxygens (including phenoxy) is 1. The van der Waals surface area contributed by atoms with Crippen molar-refractivity contribution in [2.24, 2.45) is 0 Å². The number of thiophene rings is 1. The van der Waals surface area contributed by atoms with Crippen LogP contribution in [0.4, 0.5) is 0 Å². The predicted molar refractivity (Wildman–Crippen MR) is 81.7 cm³/mol. The number of aryl methyl sites for hydroxylation is 1. The van der Waals surface area contributed by atoms with Crippen LogP contribution in [0, 0.1) is 6.92 Å². The fourth-order valence-electron chi connectivity index (χ4n) is 2.40. The fraction of sp³-hybridized carbons (Fsp3) is 0.733. The van der Waals surface area contributed by atoms with Gasteiger partial charge in [-0.05, 0) is 32.0 Å². The molecule has 0 aromatic carbocycles. The minimum Gasteiger partial charge on any atom is -0.380 e. The second-order valence-electron chi connectivity index (χ2n) is 5.76. The third kappa shape index (κ3) is 4.28. The third-order valence-electron chi connectivity index (χ3n) is 3.70. The summed E-state index contributed by atoms with van der Waals surface area (Å²) in [4.78, 5) is 5.32. The van der Waals surface area contributed by atoms with Gasteiger partial charge in [-0.25, -0.2) is 0 Å². The lowest BCUT2D eigenvalue weighted by molar-refractivity contribution is 0.156. The quantitative estimate of drug-likeness (QED) is 0.868. The molecule has 19 heavy (non-hydrogen) atoms. The van der Waals surface area contributed by atoms with Crippen LogP contribution in [0.2, 0.25) is 0 Å². The van der Waals surface area contributed by atoms with Crippen molar-refractivity contribution in [3.8, 4) is 0 Å². The van der Waals surface area contributed by atoms with Gasteiger partial charge in [0.1, 0.15) is 0 Å². The summed E-state index contributed by atoms with van der Waals surface area (Å²) >= 11 is 1.92. The van der Waals surface area contributed by atoms with Crippen LogP contribution in [-0.4, -0.2) is 37.2 Å². The Labute approximate surface area is 121 Å². The van der Waals surface area contributed by atoms with Gasteiger partial charge in [-0.15, -0.1) is 11.3 Å². The molecule has 1 N–H and O–H groups in total. The van der Waals surface area contributed by atoms with Crippen LogP contribution in [0.25, 0.3) is 0 Å². The number of hydrogen-bond donors (Lipinski definition) is 1. The molecule has 3 nitrogen and oxygen atoms in total. The molecule has 1 saturated heterocycles. The van der Waals surface area contributed by atoms with Gasteiger partial charge < -0.3 is 10.1 Å². The van der Waals surface area contributed by atoms with Gasteiger partial charge in [0, 0.05) is 41.5 Å². The van der Waals surface area contributed by atoms with Crippen molar-refractivity contribution in [3.63, 3.8) is 0 Å². The summed E-state index contributed by atoms with van der Waals surface area (Å²) in [5.74, 6) is 0. The highest BCUT2D eigenvalue weighted by atomic mass is 32.1. The Kier molecular flexibility index (Phi) is 5.39. The van der Waals surface area contributed by atoms with Crippen molar-refractivity contribution < 1.29 is 4.74 Å². The average molecular weight is 282 g/mol. The molecular weight excluding hydrogens is 256 g/mol. The van der Waals surface area contributed by atoms with Crippen molar-refractivity contribution in [2.75, 3.05) is 20.3 Å². The van der Waals surface area contributed by atoms with Gasteiger partial charge in [0.15, 0.2) is 0 Å². The first kappa shape index (κ1) is 15.0.